The normalized spacial score (nSPS) is 12.2. The Kier molecular flexibility index (Phi) is 7.07. The van der Waals surface area contributed by atoms with E-state index in [4.69, 9.17) is 0 Å². The fraction of sp³-hybridized carbons (Fsp3) is 0.727. The van der Waals surface area contributed by atoms with Gasteiger partial charge in [-0.15, -0.1) is 0 Å². The number of halogens is 1. The molecule has 0 radical (unpaired) electrons. The summed E-state index contributed by atoms with van der Waals surface area (Å²) in [5, 5.41) is 0. The fourth-order valence-electron chi connectivity index (χ4n) is 1.10. The molecule has 0 aliphatic rings. The van der Waals surface area contributed by atoms with Crippen LogP contribution in [0.2, 0.25) is 0 Å². The molecule has 0 saturated carbocycles. The lowest BCUT2D eigenvalue weighted by molar-refractivity contribution is -0.139. The molecular weight excluding hydrogens is 183 g/mol. The Morgan fingerprint density at radius 2 is 2.07 bits per heavy atom. The highest BCUT2D eigenvalue weighted by atomic mass is 19.1. The highest BCUT2D eigenvalue weighted by Gasteiger charge is 2.18. The topological polar surface area (TPSA) is 26.3 Å². The van der Waals surface area contributed by atoms with Crippen molar-refractivity contribution in [3.63, 3.8) is 0 Å². The highest BCUT2D eigenvalue weighted by molar-refractivity contribution is 5.88. The van der Waals surface area contributed by atoms with Crippen LogP contribution in [-0.4, -0.2) is 18.7 Å². The average molecular weight is 202 g/mol. The third kappa shape index (κ3) is 5.00. The lowest BCUT2D eigenvalue weighted by atomic mass is 10.1. The molecular formula is C11H19FO2. The van der Waals surface area contributed by atoms with E-state index in [1.807, 2.05) is 6.92 Å². The second kappa shape index (κ2) is 7.54. The molecule has 0 N–H and O–H groups in total. The van der Waals surface area contributed by atoms with Crippen molar-refractivity contribution in [2.24, 2.45) is 0 Å². The first-order valence-electron chi connectivity index (χ1n) is 5.13. The Hall–Kier alpha value is -0.860. The molecule has 0 aromatic heterocycles. The number of esters is 1. The number of alkyl halides is 1. The Labute approximate surface area is 85.1 Å². The molecule has 0 rings (SSSR count). The van der Waals surface area contributed by atoms with Gasteiger partial charge in [-0.25, -0.2) is 9.18 Å². The monoisotopic (exact) mass is 202 g/mol. The molecule has 0 fully saturated rings. The van der Waals surface area contributed by atoms with Crippen molar-refractivity contribution < 1.29 is 13.9 Å². The Balaban J connectivity index is 3.80. The molecule has 1 unspecified atom stereocenters. The number of ether oxygens (including phenoxy) is 1. The summed E-state index contributed by atoms with van der Waals surface area (Å²) in [6.07, 6.45) is 1.93. The summed E-state index contributed by atoms with van der Waals surface area (Å²) in [7, 11) is 0. The molecule has 0 spiro atoms. The minimum absolute atomic E-state index is 0.0528. The second-order valence-corrected chi connectivity index (χ2v) is 3.21. The van der Waals surface area contributed by atoms with Crippen molar-refractivity contribution in [1.82, 2.24) is 0 Å². The van der Waals surface area contributed by atoms with Crippen LogP contribution in [0.5, 0.6) is 0 Å². The van der Waals surface area contributed by atoms with Gasteiger partial charge in [0.1, 0.15) is 6.17 Å². The predicted octanol–water partition coefficient (Wildman–Crippen LogP) is 3.02. The molecule has 0 aliphatic carbocycles. The zero-order chi connectivity index (χ0) is 11.0. The van der Waals surface area contributed by atoms with E-state index < -0.39 is 12.1 Å². The van der Waals surface area contributed by atoms with Gasteiger partial charge in [0.15, 0.2) is 0 Å². The second-order valence-electron chi connectivity index (χ2n) is 3.21. The largest absolute Gasteiger partial charge is 0.463 e. The van der Waals surface area contributed by atoms with Crippen molar-refractivity contribution in [3.05, 3.63) is 12.2 Å². The van der Waals surface area contributed by atoms with Crippen LogP contribution in [0, 0.1) is 0 Å². The maximum Gasteiger partial charge on any atom is 0.336 e. The summed E-state index contributed by atoms with van der Waals surface area (Å²) in [5.74, 6) is -0.614. The van der Waals surface area contributed by atoms with Crippen molar-refractivity contribution >= 4 is 5.97 Å². The number of unbranched alkanes of at least 4 members (excludes halogenated alkanes) is 2. The van der Waals surface area contributed by atoms with Crippen molar-refractivity contribution in [2.45, 2.75) is 45.7 Å². The molecule has 82 valence electrons. The number of rotatable bonds is 7. The van der Waals surface area contributed by atoms with Crippen molar-refractivity contribution in [1.29, 1.82) is 0 Å². The van der Waals surface area contributed by atoms with Gasteiger partial charge in [0.05, 0.1) is 12.2 Å². The number of carbonyl (C=O) groups is 1. The van der Waals surface area contributed by atoms with Crippen LogP contribution < -0.4 is 0 Å². The van der Waals surface area contributed by atoms with Crippen LogP contribution in [0.25, 0.3) is 0 Å². The van der Waals surface area contributed by atoms with Gasteiger partial charge in [-0.05, 0) is 13.3 Å². The lowest BCUT2D eigenvalue weighted by Gasteiger charge is -2.09. The van der Waals surface area contributed by atoms with Crippen LogP contribution in [0.4, 0.5) is 4.39 Å². The molecule has 3 heteroatoms. The Morgan fingerprint density at radius 1 is 1.43 bits per heavy atom. The van der Waals surface area contributed by atoms with Crippen LogP contribution >= 0.6 is 0 Å². The quantitative estimate of drug-likeness (QED) is 0.360. The summed E-state index contributed by atoms with van der Waals surface area (Å²) >= 11 is 0. The van der Waals surface area contributed by atoms with Crippen molar-refractivity contribution in [2.75, 3.05) is 6.61 Å². The highest BCUT2D eigenvalue weighted by Crippen LogP contribution is 2.14. The van der Waals surface area contributed by atoms with Gasteiger partial charge in [0.25, 0.3) is 0 Å². The first-order chi connectivity index (χ1) is 6.63. The first-order valence-corrected chi connectivity index (χ1v) is 5.13. The Morgan fingerprint density at radius 3 is 2.57 bits per heavy atom. The number of hydrogen-bond acceptors (Lipinski definition) is 2. The van der Waals surface area contributed by atoms with Gasteiger partial charge in [0, 0.05) is 0 Å². The third-order valence-electron chi connectivity index (χ3n) is 1.98. The van der Waals surface area contributed by atoms with Crippen molar-refractivity contribution in [3.8, 4) is 0 Å². The zero-order valence-corrected chi connectivity index (χ0v) is 9.01. The summed E-state index contributed by atoms with van der Waals surface area (Å²) in [6, 6.07) is 0. The van der Waals surface area contributed by atoms with Gasteiger partial charge < -0.3 is 4.74 Å². The van der Waals surface area contributed by atoms with Gasteiger partial charge in [-0.3, -0.25) is 0 Å². The van der Waals surface area contributed by atoms with E-state index in [1.54, 1.807) is 6.92 Å². The molecule has 2 nitrogen and oxygen atoms in total. The number of hydrogen-bond donors (Lipinski definition) is 0. The molecule has 0 aromatic rings. The summed E-state index contributed by atoms with van der Waals surface area (Å²) in [6.45, 7) is 7.40. The molecule has 0 amide bonds. The molecule has 14 heavy (non-hydrogen) atoms. The van der Waals surface area contributed by atoms with E-state index in [9.17, 15) is 9.18 Å². The smallest absolute Gasteiger partial charge is 0.336 e. The molecule has 0 heterocycles. The maximum atomic E-state index is 13.3. The minimum Gasteiger partial charge on any atom is -0.463 e. The molecule has 0 aliphatic heterocycles. The third-order valence-corrected chi connectivity index (χ3v) is 1.98. The van der Waals surface area contributed by atoms with Crippen LogP contribution in [0.3, 0.4) is 0 Å². The molecule has 0 aromatic carbocycles. The maximum absolute atomic E-state index is 13.3. The molecule has 0 bridgehead atoms. The van der Waals surface area contributed by atoms with Gasteiger partial charge >= 0.3 is 5.97 Å². The van der Waals surface area contributed by atoms with E-state index in [2.05, 4.69) is 11.3 Å². The summed E-state index contributed by atoms with van der Waals surface area (Å²) in [5.41, 5.74) is -0.0528. The Bertz CT molecular complexity index is 190. The standard InChI is InChI=1S/C11H19FO2/c1-4-6-7-8-10(12)9(3)11(13)14-5-2/h10H,3-8H2,1-2H3. The van der Waals surface area contributed by atoms with Crippen LogP contribution in [0.1, 0.15) is 39.5 Å². The van der Waals surface area contributed by atoms with Crippen LogP contribution in [-0.2, 0) is 9.53 Å². The average Bonchev–Trinajstić information content (AvgIpc) is 2.17. The summed E-state index contributed by atoms with van der Waals surface area (Å²) < 4.78 is 17.9. The summed E-state index contributed by atoms with van der Waals surface area (Å²) in [4.78, 5) is 11.1. The van der Waals surface area contributed by atoms with E-state index in [1.165, 1.54) is 0 Å². The fourth-order valence-corrected chi connectivity index (χ4v) is 1.10. The SMILES string of the molecule is C=C(C(=O)OCC)C(F)CCCCC. The lowest BCUT2D eigenvalue weighted by Crippen LogP contribution is -2.15. The van der Waals surface area contributed by atoms with E-state index in [-0.39, 0.29) is 12.2 Å². The predicted molar refractivity (Wildman–Crippen MR) is 54.8 cm³/mol. The van der Waals surface area contributed by atoms with Gasteiger partial charge in [0.2, 0.25) is 0 Å². The molecule has 1 atom stereocenters. The minimum atomic E-state index is -1.25. The van der Waals surface area contributed by atoms with Gasteiger partial charge in [-0.1, -0.05) is 32.8 Å². The van der Waals surface area contributed by atoms with Crippen LogP contribution in [0.15, 0.2) is 12.2 Å². The van der Waals surface area contributed by atoms with E-state index in [0.29, 0.717) is 6.42 Å². The molecule has 0 saturated heterocycles. The van der Waals surface area contributed by atoms with E-state index >= 15 is 0 Å². The van der Waals surface area contributed by atoms with E-state index in [0.717, 1.165) is 19.3 Å². The number of carbonyl (C=O) groups excluding carboxylic acids is 1. The zero-order valence-electron chi connectivity index (χ0n) is 9.01. The van der Waals surface area contributed by atoms with Gasteiger partial charge in [-0.2, -0.15) is 0 Å². The first kappa shape index (κ1) is 13.1.